The Hall–Kier alpha value is -3.03. The molecule has 1 aliphatic rings. The maximum atomic E-state index is 13.1. The fraction of sp³-hybridized carbons (Fsp3) is 0.391. The lowest BCUT2D eigenvalue weighted by molar-refractivity contribution is -0.137. The van der Waals surface area contributed by atoms with Crippen LogP contribution >= 0.6 is 0 Å². The summed E-state index contributed by atoms with van der Waals surface area (Å²) >= 11 is 0. The number of para-hydroxylation sites is 1. The predicted molar refractivity (Wildman–Crippen MR) is 110 cm³/mol. The Morgan fingerprint density at radius 1 is 1.03 bits per heavy atom. The molecule has 2 amide bonds. The number of carbonyl (C=O) groups excluding carboxylic acids is 2. The first-order chi connectivity index (χ1) is 14.8. The lowest BCUT2D eigenvalue weighted by Gasteiger charge is -2.27. The fourth-order valence-corrected chi connectivity index (χ4v) is 3.77. The molecule has 0 spiro atoms. The summed E-state index contributed by atoms with van der Waals surface area (Å²) < 4.78 is 44.4. The average Bonchev–Trinajstić information content (AvgIpc) is 2.77. The van der Waals surface area contributed by atoms with E-state index in [0.29, 0.717) is 11.3 Å². The standard InChI is InChI=1S/C23H25F3N2O3/c1-31-19-13-6-5-12-18(19)20(22(30)27-17-10-3-2-4-11-17)28-21(29)15-8-7-9-16(14-15)23(24,25)26/h5-9,12-14,17,20H,2-4,10-11H2,1H3,(H,27,30)(H,28,29). The molecule has 166 valence electrons. The van der Waals surface area contributed by atoms with E-state index in [1.165, 1.54) is 13.2 Å². The Balaban J connectivity index is 1.87. The molecule has 2 N–H and O–H groups in total. The minimum Gasteiger partial charge on any atom is -0.496 e. The van der Waals surface area contributed by atoms with Gasteiger partial charge in [0.1, 0.15) is 11.8 Å². The number of nitrogens with one attached hydrogen (secondary N) is 2. The first-order valence-corrected chi connectivity index (χ1v) is 10.2. The van der Waals surface area contributed by atoms with E-state index in [4.69, 9.17) is 4.74 Å². The Morgan fingerprint density at radius 3 is 2.42 bits per heavy atom. The van der Waals surface area contributed by atoms with Gasteiger partial charge in [0.25, 0.3) is 5.91 Å². The van der Waals surface area contributed by atoms with Crippen LogP contribution < -0.4 is 15.4 Å². The maximum Gasteiger partial charge on any atom is 0.416 e. The molecule has 1 unspecified atom stereocenters. The van der Waals surface area contributed by atoms with E-state index < -0.39 is 29.6 Å². The SMILES string of the molecule is COc1ccccc1C(NC(=O)c1cccc(C(F)(F)F)c1)C(=O)NC1CCCCC1. The fourth-order valence-electron chi connectivity index (χ4n) is 3.77. The number of alkyl halides is 3. The lowest BCUT2D eigenvalue weighted by Crippen LogP contribution is -2.45. The number of ether oxygens (including phenoxy) is 1. The van der Waals surface area contributed by atoms with Crippen molar-refractivity contribution in [1.29, 1.82) is 0 Å². The Bertz CT molecular complexity index is 924. The van der Waals surface area contributed by atoms with Crippen molar-refractivity contribution < 1.29 is 27.5 Å². The summed E-state index contributed by atoms with van der Waals surface area (Å²) in [7, 11) is 1.45. The van der Waals surface area contributed by atoms with Crippen molar-refractivity contribution in [2.75, 3.05) is 7.11 Å². The van der Waals surface area contributed by atoms with Gasteiger partial charge in [-0.3, -0.25) is 9.59 Å². The number of benzene rings is 2. The number of amides is 2. The molecular weight excluding hydrogens is 409 g/mol. The molecule has 3 rings (SSSR count). The number of halogens is 3. The van der Waals surface area contributed by atoms with Gasteiger partial charge in [-0.2, -0.15) is 13.2 Å². The Morgan fingerprint density at radius 2 is 1.74 bits per heavy atom. The molecule has 5 nitrogen and oxygen atoms in total. The molecule has 31 heavy (non-hydrogen) atoms. The van der Waals surface area contributed by atoms with Gasteiger partial charge in [-0.15, -0.1) is 0 Å². The molecule has 0 radical (unpaired) electrons. The number of hydrogen-bond donors (Lipinski definition) is 2. The first-order valence-electron chi connectivity index (χ1n) is 10.2. The van der Waals surface area contributed by atoms with Gasteiger partial charge in [0.15, 0.2) is 0 Å². The highest BCUT2D eigenvalue weighted by atomic mass is 19.4. The van der Waals surface area contributed by atoms with Crippen molar-refractivity contribution in [2.45, 2.75) is 50.4 Å². The molecule has 1 atom stereocenters. The molecule has 0 aliphatic heterocycles. The Kier molecular flexibility index (Phi) is 7.20. The van der Waals surface area contributed by atoms with E-state index in [2.05, 4.69) is 10.6 Å². The second-order valence-corrected chi connectivity index (χ2v) is 7.57. The zero-order valence-corrected chi connectivity index (χ0v) is 17.2. The molecular formula is C23H25F3N2O3. The molecule has 0 bridgehead atoms. The largest absolute Gasteiger partial charge is 0.496 e. The maximum absolute atomic E-state index is 13.1. The molecule has 0 saturated heterocycles. The number of methoxy groups -OCH3 is 1. The lowest BCUT2D eigenvalue weighted by atomic mass is 9.94. The van der Waals surface area contributed by atoms with Crippen molar-refractivity contribution in [1.82, 2.24) is 10.6 Å². The van der Waals surface area contributed by atoms with Crippen LogP contribution in [0.15, 0.2) is 48.5 Å². The molecule has 2 aromatic carbocycles. The van der Waals surface area contributed by atoms with E-state index in [-0.39, 0.29) is 11.6 Å². The second kappa shape index (κ2) is 9.85. The second-order valence-electron chi connectivity index (χ2n) is 7.57. The summed E-state index contributed by atoms with van der Waals surface area (Å²) in [6, 6.07) is 9.74. The zero-order chi connectivity index (χ0) is 22.4. The number of carbonyl (C=O) groups is 2. The van der Waals surface area contributed by atoms with Crippen molar-refractivity contribution >= 4 is 11.8 Å². The van der Waals surface area contributed by atoms with Crippen molar-refractivity contribution in [3.63, 3.8) is 0 Å². The van der Waals surface area contributed by atoms with Gasteiger partial charge in [0, 0.05) is 17.2 Å². The Labute approximate surface area is 179 Å². The topological polar surface area (TPSA) is 67.4 Å². The highest BCUT2D eigenvalue weighted by Gasteiger charge is 2.32. The van der Waals surface area contributed by atoms with Crippen LogP contribution in [-0.4, -0.2) is 25.0 Å². The van der Waals surface area contributed by atoms with Crippen molar-refractivity contribution in [3.8, 4) is 5.75 Å². The molecule has 2 aromatic rings. The van der Waals surface area contributed by atoms with Crippen molar-refractivity contribution in [3.05, 3.63) is 65.2 Å². The van der Waals surface area contributed by atoms with Gasteiger partial charge in [-0.25, -0.2) is 0 Å². The van der Waals surface area contributed by atoms with Gasteiger partial charge in [0.2, 0.25) is 5.91 Å². The summed E-state index contributed by atoms with van der Waals surface area (Å²) in [5.74, 6) is -0.798. The van der Waals surface area contributed by atoms with Crippen LogP contribution in [0.1, 0.15) is 59.6 Å². The van der Waals surface area contributed by atoms with Crippen molar-refractivity contribution in [2.24, 2.45) is 0 Å². The van der Waals surface area contributed by atoms with Crippen LogP contribution in [0, 0.1) is 0 Å². The minimum atomic E-state index is -4.57. The minimum absolute atomic E-state index is 0.00363. The highest BCUT2D eigenvalue weighted by molar-refractivity contribution is 5.98. The summed E-state index contributed by atoms with van der Waals surface area (Å²) in [6.07, 6.45) is 0.283. The molecule has 1 aliphatic carbocycles. The molecule has 1 fully saturated rings. The van der Waals surface area contributed by atoms with Crippen LogP contribution in [-0.2, 0) is 11.0 Å². The van der Waals surface area contributed by atoms with Gasteiger partial charge in [-0.1, -0.05) is 43.5 Å². The van der Waals surface area contributed by atoms with Gasteiger partial charge in [-0.05, 0) is 37.1 Å². The van der Waals surface area contributed by atoms with Crippen LogP contribution in [0.25, 0.3) is 0 Å². The van der Waals surface area contributed by atoms with Gasteiger partial charge >= 0.3 is 6.18 Å². The van der Waals surface area contributed by atoms with E-state index in [0.717, 1.165) is 50.3 Å². The normalized spacial score (nSPS) is 15.7. The van der Waals surface area contributed by atoms with Crippen LogP contribution in [0.3, 0.4) is 0 Å². The van der Waals surface area contributed by atoms with Gasteiger partial charge < -0.3 is 15.4 Å². The molecule has 0 aromatic heterocycles. The third-order valence-electron chi connectivity index (χ3n) is 5.39. The van der Waals surface area contributed by atoms with Crippen LogP contribution in [0.2, 0.25) is 0 Å². The number of hydrogen-bond acceptors (Lipinski definition) is 3. The van der Waals surface area contributed by atoms with Crippen LogP contribution in [0.4, 0.5) is 13.2 Å². The third kappa shape index (κ3) is 5.77. The van der Waals surface area contributed by atoms with E-state index in [1.807, 2.05) is 0 Å². The molecule has 1 saturated carbocycles. The predicted octanol–water partition coefficient (Wildman–Crippen LogP) is 4.63. The van der Waals surface area contributed by atoms with E-state index in [1.54, 1.807) is 24.3 Å². The molecule has 0 heterocycles. The smallest absolute Gasteiger partial charge is 0.416 e. The third-order valence-corrected chi connectivity index (χ3v) is 5.39. The average molecular weight is 434 g/mol. The first kappa shape index (κ1) is 22.7. The summed E-state index contributed by atoms with van der Waals surface area (Å²) in [5.41, 5.74) is -0.681. The highest BCUT2D eigenvalue weighted by Crippen LogP contribution is 2.30. The molecule has 8 heteroatoms. The summed E-state index contributed by atoms with van der Waals surface area (Å²) in [4.78, 5) is 25.9. The summed E-state index contributed by atoms with van der Waals surface area (Å²) in [6.45, 7) is 0. The van der Waals surface area contributed by atoms with Crippen LogP contribution in [0.5, 0.6) is 5.75 Å². The number of rotatable bonds is 6. The van der Waals surface area contributed by atoms with Gasteiger partial charge in [0.05, 0.1) is 12.7 Å². The monoisotopic (exact) mass is 434 g/mol. The van der Waals surface area contributed by atoms with E-state index in [9.17, 15) is 22.8 Å². The van der Waals surface area contributed by atoms with E-state index >= 15 is 0 Å². The quantitative estimate of drug-likeness (QED) is 0.697. The summed E-state index contributed by atoms with van der Waals surface area (Å²) in [5, 5.41) is 5.57. The zero-order valence-electron chi connectivity index (χ0n) is 17.2.